The number of amides is 1. The minimum Gasteiger partial charge on any atom is -0.480 e. The number of halogens is 1. The molecular weight excluding hydrogens is 509 g/mol. The highest BCUT2D eigenvalue weighted by molar-refractivity contribution is 7.22. The number of hydrogen-bond donors (Lipinski definition) is 1. The van der Waals surface area contributed by atoms with Gasteiger partial charge in [-0.3, -0.25) is 10.3 Å². The average molecular weight is 532 g/mol. The Labute approximate surface area is 220 Å². The molecule has 0 fully saturated rings. The number of benzene rings is 2. The number of ether oxygens (including phenoxy) is 3. The number of nitrogens with zero attached hydrogens (tertiary/aromatic N) is 4. The third-order valence-electron chi connectivity index (χ3n) is 6.21. The van der Waals surface area contributed by atoms with E-state index in [4.69, 9.17) is 19.2 Å². The lowest BCUT2D eigenvalue weighted by molar-refractivity contribution is 0.0315. The van der Waals surface area contributed by atoms with Crippen LogP contribution in [0.3, 0.4) is 0 Å². The van der Waals surface area contributed by atoms with Gasteiger partial charge in [0.05, 0.1) is 46.4 Å². The Kier molecular flexibility index (Phi) is 5.79. The molecule has 2 aromatic carbocycles. The van der Waals surface area contributed by atoms with Crippen LogP contribution in [0.1, 0.15) is 18.1 Å². The van der Waals surface area contributed by atoms with Crippen molar-refractivity contribution in [3.63, 3.8) is 0 Å². The summed E-state index contributed by atoms with van der Waals surface area (Å²) in [6.07, 6.45) is 4.39. The minimum atomic E-state index is -0.939. The van der Waals surface area contributed by atoms with Crippen LogP contribution in [0.2, 0.25) is 0 Å². The number of aromatic nitrogens is 4. The molecular formula is C27H22FN5O4S. The number of carbonyl (C=O) groups excluding carboxylic acids is 1. The van der Waals surface area contributed by atoms with Crippen molar-refractivity contribution in [3.8, 4) is 22.2 Å². The molecule has 5 aromatic rings. The number of nitrogens with one attached hydrogen (secondary N) is 1. The fourth-order valence-corrected chi connectivity index (χ4v) is 5.62. The van der Waals surface area contributed by atoms with E-state index in [1.807, 2.05) is 19.1 Å². The van der Waals surface area contributed by atoms with Gasteiger partial charge in [-0.1, -0.05) is 0 Å². The number of fused-ring (bicyclic) bond motifs is 4. The number of methoxy groups -OCH3 is 1. The Bertz CT molecular complexity index is 1710. The predicted molar refractivity (Wildman–Crippen MR) is 141 cm³/mol. The third-order valence-corrected chi connectivity index (χ3v) is 7.37. The van der Waals surface area contributed by atoms with Crippen molar-refractivity contribution >= 4 is 44.4 Å². The largest absolute Gasteiger partial charge is 0.480 e. The van der Waals surface area contributed by atoms with Crippen LogP contribution in [0, 0.1) is 12.7 Å². The molecule has 1 N–H and O–H groups in total. The van der Waals surface area contributed by atoms with E-state index >= 15 is 4.39 Å². The summed E-state index contributed by atoms with van der Waals surface area (Å²) in [4.78, 5) is 30.0. The molecule has 3 aromatic heterocycles. The topological polar surface area (TPSA) is 108 Å². The lowest BCUT2D eigenvalue weighted by Crippen LogP contribution is -2.37. The Hall–Kier alpha value is -4.38. The van der Waals surface area contributed by atoms with Gasteiger partial charge >= 0.3 is 6.09 Å². The van der Waals surface area contributed by atoms with E-state index in [9.17, 15) is 4.79 Å². The van der Waals surface area contributed by atoms with Gasteiger partial charge in [-0.25, -0.2) is 24.1 Å². The molecule has 0 unspecified atom stereocenters. The molecule has 0 spiro atoms. The van der Waals surface area contributed by atoms with Crippen LogP contribution in [0.5, 0.6) is 11.6 Å². The SMILES string of the molecule is COc1cnc2c(-c3nc4cc(F)c5c(c4s3)C[C@](C)(COC(=O)Nc3cccnc3)O5)cc(C)cc2n1. The number of anilines is 1. The number of aryl methyl sites for hydroxylation is 1. The Morgan fingerprint density at radius 2 is 2.11 bits per heavy atom. The smallest absolute Gasteiger partial charge is 0.411 e. The first-order valence-electron chi connectivity index (χ1n) is 11.8. The highest BCUT2D eigenvalue weighted by atomic mass is 32.1. The monoisotopic (exact) mass is 531 g/mol. The zero-order valence-corrected chi connectivity index (χ0v) is 21.6. The molecule has 0 radical (unpaired) electrons. The summed E-state index contributed by atoms with van der Waals surface area (Å²) in [6.45, 7) is 3.69. The van der Waals surface area contributed by atoms with Crippen LogP contribution in [-0.2, 0) is 11.2 Å². The Balaban J connectivity index is 1.30. The first-order chi connectivity index (χ1) is 18.3. The van der Waals surface area contributed by atoms with Gasteiger partial charge in [0, 0.05) is 29.8 Å². The van der Waals surface area contributed by atoms with Crippen LogP contribution in [-0.4, -0.2) is 45.3 Å². The molecule has 0 bridgehead atoms. The van der Waals surface area contributed by atoms with Crippen LogP contribution >= 0.6 is 11.3 Å². The normalized spacial score (nSPS) is 16.3. The predicted octanol–water partition coefficient (Wildman–Crippen LogP) is 5.70. The fraction of sp³-hybridized carbons (Fsp3) is 0.222. The molecule has 0 aliphatic carbocycles. The number of carbonyl (C=O) groups is 1. The van der Waals surface area contributed by atoms with Crippen molar-refractivity contribution in [2.24, 2.45) is 0 Å². The summed E-state index contributed by atoms with van der Waals surface area (Å²) in [5, 5.41) is 3.31. The summed E-state index contributed by atoms with van der Waals surface area (Å²) in [6, 6.07) is 8.71. The standard InChI is InChI=1S/C27H22FN5O4S/c1-14-7-16(22-19(8-14)32-21(35-3)12-30-22)25-33-20-9-18(28)23-17(24(20)38-25)10-27(2,37-23)13-36-26(34)31-15-5-4-6-29-11-15/h4-9,11-12H,10,13H2,1-3H3,(H,31,34)/t27-/m1/s1. The molecule has 0 saturated heterocycles. The van der Waals surface area contributed by atoms with Gasteiger partial charge in [0.1, 0.15) is 17.2 Å². The summed E-state index contributed by atoms with van der Waals surface area (Å²) < 4.78 is 32.6. The lowest BCUT2D eigenvalue weighted by Gasteiger charge is -2.23. The summed E-state index contributed by atoms with van der Waals surface area (Å²) in [5.74, 6) is 0.0719. The van der Waals surface area contributed by atoms with Crippen molar-refractivity contribution in [2.75, 3.05) is 19.0 Å². The number of pyridine rings is 1. The first kappa shape index (κ1) is 24.0. The van der Waals surface area contributed by atoms with Crippen molar-refractivity contribution in [1.82, 2.24) is 19.9 Å². The van der Waals surface area contributed by atoms with Crippen LogP contribution in [0.15, 0.2) is 48.9 Å². The van der Waals surface area contributed by atoms with Gasteiger partial charge < -0.3 is 14.2 Å². The van der Waals surface area contributed by atoms with E-state index < -0.39 is 17.5 Å². The maximum absolute atomic E-state index is 15.1. The zero-order valence-electron chi connectivity index (χ0n) is 20.7. The van der Waals surface area contributed by atoms with E-state index in [1.54, 1.807) is 38.6 Å². The molecule has 1 aliphatic heterocycles. The van der Waals surface area contributed by atoms with Gasteiger partial charge in [0.15, 0.2) is 11.6 Å². The zero-order chi connectivity index (χ0) is 26.4. The molecule has 0 saturated carbocycles. The molecule has 38 heavy (non-hydrogen) atoms. The first-order valence-corrected chi connectivity index (χ1v) is 12.6. The highest BCUT2D eigenvalue weighted by Gasteiger charge is 2.40. The quantitative estimate of drug-likeness (QED) is 0.308. The van der Waals surface area contributed by atoms with E-state index in [0.717, 1.165) is 15.8 Å². The lowest BCUT2D eigenvalue weighted by atomic mass is 10.00. The summed E-state index contributed by atoms with van der Waals surface area (Å²) in [7, 11) is 1.54. The number of hydrogen-bond acceptors (Lipinski definition) is 9. The van der Waals surface area contributed by atoms with E-state index in [0.29, 0.717) is 45.1 Å². The second-order valence-corrected chi connectivity index (χ2v) is 10.3. The van der Waals surface area contributed by atoms with E-state index in [-0.39, 0.29) is 12.4 Å². The van der Waals surface area contributed by atoms with Gasteiger partial charge in [-0.2, -0.15) is 0 Å². The van der Waals surface area contributed by atoms with Gasteiger partial charge in [0.2, 0.25) is 5.88 Å². The number of thiazole rings is 1. The molecule has 4 heterocycles. The van der Waals surface area contributed by atoms with Gasteiger partial charge in [-0.15, -0.1) is 11.3 Å². The Morgan fingerprint density at radius 3 is 2.89 bits per heavy atom. The molecule has 192 valence electrons. The van der Waals surface area contributed by atoms with Crippen LogP contribution in [0.4, 0.5) is 14.9 Å². The summed E-state index contributed by atoms with van der Waals surface area (Å²) >= 11 is 1.44. The van der Waals surface area contributed by atoms with Crippen LogP contribution in [0.25, 0.3) is 31.8 Å². The van der Waals surface area contributed by atoms with Gasteiger partial charge in [-0.05, 0) is 43.7 Å². The second kappa shape index (κ2) is 9.18. The maximum atomic E-state index is 15.1. The van der Waals surface area contributed by atoms with Crippen molar-refractivity contribution in [1.29, 1.82) is 0 Å². The molecule has 11 heteroatoms. The minimum absolute atomic E-state index is 0.0691. The summed E-state index contributed by atoms with van der Waals surface area (Å²) in [5.41, 5.74) is 3.97. The average Bonchev–Trinajstić information content (AvgIpc) is 3.49. The molecule has 6 rings (SSSR count). The Morgan fingerprint density at radius 1 is 1.24 bits per heavy atom. The molecule has 9 nitrogen and oxygen atoms in total. The van der Waals surface area contributed by atoms with E-state index in [1.165, 1.54) is 23.6 Å². The fourth-order valence-electron chi connectivity index (χ4n) is 4.52. The van der Waals surface area contributed by atoms with Crippen molar-refractivity contribution < 1.29 is 23.4 Å². The second-order valence-electron chi connectivity index (χ2n) is 9.30. The van der Waals surface area contributed by atoms with E-state index in [2.05, 4.69) is 20.3 Å². The molecule has 1 amide bonds. The number of rotatable bonds is 5. The molecule has 1 atom stereocenters. The maximum Gasteiger partial charge on any atom is 0.411 e. The molecule has 1 aliphatic rings. The highest BCUT2D eigenvalue weighted by Crippen LogP contribution is 2.45. The third kappa shape index (κ3) is 4.34. The van der Waals surface area contributed by atoms with Crippen LogP contribution < -0.4 is 14.8 Å². The van der Waals surface area contributed by atoms with Gasteiger partial charge in [0.25, 0.3) is 0 Å². The van der Waals surface area contributed by atoms with Crippen molar-refractivity contribution in [3.05, 3.63) is 65.9 Å². The van der Waals surface area contributed by atoms with Crippen molar-refractivity contribution in [2.45, 2.75) is 25.9 Å².